The summed E-state index contributed by atoms with van der Waals surface area (Å²) in [6.07, 6.45) is 6.41. The highest BCUT2D eigenvalue weighted by Gasteiger charge is 2.28. The summed E-state index contributed by atoms with van der Waals surface area (Å²) in [5.74, 6) is -0.571. The molecular weight excluding hydrogens is 264 g/mol. The van der Waals surface area contributed by atoms with Crippen LogP contribution in [0, 0.1) is 0 Å². The molecule has 1 aliphatic rings. The van der Waals surface area contributed by atoms with Gasteiger partial charge in [-0.2, -0.15) is 11.8 Å². The molecule has 1 saturated carbocycles. The highest BCUT2D eigenvalue weighted by molar-refractivity contribution is 7.98. The second-order valence-corrected chi connectivity index (χ2v) is 5.66. The fraction of sp³-hybridized carbons (Fsp3) is 0.538. The standard InChI is InChI=1S/C13H18N2O3S/c1-19-8-6-10(13(17)18)14-12(16)11-3-2-7-15(11)9-4-5-9/h2-3,7,9-10H,4-6,8H2,1H3,(H,14,16)(H,17,18)/t10-/m0/s1. The molecule has 0 spiro atoms. The van der Waals surface area contributed by atoms with Gasteiger partial charge >= 0.3 is 5.97 Å². The quantitative estimate of drug-likeness (QED) is 0.799. The Morgan fingerprint density at radius 2 is 2.32 bits per heavy atom. The molecule has 1 heterocycles. The maximum atomic E-state index is 12.1. The number of thioether (sulfide) groups is 1. The SMILES string of the molecule is CSCC[C@H](NC(=O)c1cccn1C1CC1)C(=O)O. The van der Waals surface area contributed by atoms with E-state index in [-0.39, 0.29) is 5.91 Å². The molecule has 19 heavy (non-hydrogen) atoms. The first-order valence-corrected chi connectivity index (χ1v) is 7.72. The van der Waals surface area contributed by atoms with Crippen LogP contribution in [0.2, 0.25) is 0 Å². The predicted molar refractivity (Wildman–Crippen MR) is 74.6 cm³/mol. The summed E-state index contributed by atoms with van der Waals surface area (Å²) in [6, 6.07) is 3.15. The fourth-order valence-electron chi connectivity index (χ4n) is 1.98. The zero-order valence-electron chi connectivity index (χ0n) is 10.8. The van der Waals surface area contributed by atoms with E-state index in [9.17, 15) is 9.59 Å². The van der Waals surface area contributed by atoms with Crippen molar-refractivity contribution in [3.05, 3.63) is 24.0 Å². The minimum Gasteiger partial charge on any atom is -0.480 e. The van der Waals surface area contributed by atoms with Gasteiger partial charge in [-0.3, -0.25) is 4.79 Å². The van der Waals surface area contributed by atoms with Gasteiger partial charge in [0.15, 0.2) is 0 Å². The molecule has 2 N–H and O–H groups in total. The van der Waals surface area contributed by atoms with Crippen molar-refractivity contribution in [2.45, 2.75) is 31.3 Å². The molecule has 0 bridgehead atoms. The Morgan fingerprint density at radius 3 is 2.89 bits per heavy atom. The number of rotatable bonds is 7. The number of amides is 1. The third-order valence-corrected chi connectivity index (χ3v) is 3.81. The zero-order chi connectivity index (χ0) is 13.8. The van der Waals surface area contributed by atoms with Crippen LogP contribution in [0.1, 0.15) is 35.8 Å². The van der Waals surface area contributed by atoms with Gasteiger partial charge in [0.25, 0.3) is 5.91 Å². The molecule has 0 aromatic carbocycles. The number of nitrogens with one attached hydrogen (secondary N) is 1. The van der Waals surface area contributed by atoms with Crippen molar-refractivity contribution in [2.24, 2.45) is 0 Å². The van der Waals surface area contributed by atoms with Gasteiger partial charge in [0.1, 0.15) is 11.7 Å². The highest BCUT2D eigenvalue weighted by atomic mass is 32.2. The monoisotopic (exact) mass is 282 g/mol. The third-order valence-electron chi connectivity index (χ3n) is 3.17. The second kappa shape index (κ2) is 6.14. The number of aromatic nitrogens is 1. The highest BCUT2D eigenvalue weighted by Crippen LogP contribution is 2.35. The van der Waals surface area contributed by atoms with Crippen molar-refractivity contribution in [3.63, 3.8) is 0 Å². The summed E-state index contributed by atoms with van der Waals surface area (Å²) in [5, 5.41) is 11.7. The van der Waals surface area contributed by atoms with Crippen LogP contribution in [0.3, 0.4) is 0 Å². The van der Waals surface area contributed by atoms with Crippen molar-refractivity contribution in [3.8, 4) is 0 Å². The summed E-state index contributed by atoms with van der Waals surface area (Å²) in [5.41, 5.74) is 0.554. The van der Waals surface area contributed by atoms with Gasteiger partial charge in [-0.1, -0.05) is 0 Å². The Kier molecular flexibility index (Phi) is 4.52. The minimum atomic E-state index is -0.980. The first-order chi connectivity index (χ1) is 9.13. The smallest absolute Gasteiger partial charge is 0.326 e. The van der Waals surface area contributed by atoms with Crippen LogP contribution >= 0.6 is 11.8 Å². The van der Waals surface area contributed by atoms with E-state index in [4.69, 9.17) is 5.11 Å². The molecule has 0 unspecified atom stereocenters. The average molecular weight is 282 g/mol. The molecule has 1 atom stereocenters. The first kappa shape index (κ1) is 14.0. The zero-order valence-corrected chi connectivity index (χ0v) is 11.7. The number of nitrogens with zero attached hydrogens (tertiary/aromatic N) is 1. The summed E-state index contributed by atoms with van der Waals surface area (Å²) in [6.45, 7) is 0. The maximum absolute atomic E-state index is 12.1. The Balaban J connectivity index is 2.01. The van der Waals surface area contributed by atoms with Gasteiger partial charge in [-0.05, 0) is 43.4 Å². The number of aliphatic carboxylic acids is 1. The van der Waals surface area contributed by atoms with Gasteiger partial charge in [-0.15, -0.1) is 0 Å². The van der Waals surface area contributed by atoms with Gasteiger partial charge in [0.05, 0.1) is 0 Å². The molecule has 1 aliphatic carbocycles. The van der Waals surface area contributed by atoms with Crippen LogP contribution < -0.4 is 5.32 Å². The number of carbonyl (C=O) groups excluding carboxylic acids is 1. The molecule has 1 aromatic heterocycles. The summed E-state index contributed by atoms with van der Waals surface area (Å²) in [4.78, 5) is 23.2. The van der Waals surface area contributed by atoms with E-state index in [0.29, 0.717) is 23.9 Å². The molecule has 104 valence electrons. The molecule has 1 fully saturated rings. The summed E-state index contributed by atoms with van der Waals surface area (Å²) in [7, 11) is 0. The van der Waals surface area contributed by atoms with E-state index < -0.39 is 12.0 Å². The van der Waals surface area contributed by atoms with E-state index in [0.717, 1.165) is 12.8 Å². The number of carbonyl (C=O) groups is 2. The predicted octanol–water partition coefficient (Wildman–Crippen LogP) is 1.76. The van der Waals surface area contributed by atoms with E-state index >= 15 is 0 Å². The Morgan fingerprint density at radius 1 is 1.58 bits per heavy atom. The van der Waals surface area contributed by atoms with Gasteiger partial charge < -0.3 is 15.0 Å². The molecule has 0 saturated heterocycles. The second-order valence-electron chi connectivity index (χ2n) is 4.68. The first-order valence-electron chi connectivity index (χ1n) is 6.33. The molecule has 1 amide bonds. The maximum Gasteiger partial charge on any atom is 0.326 e. The van der Waals surface area contributed by atoms with Gasteiger partial charge in [0.2, 0.25) is 0 Å². The van der Waals surface area contributed by atoms with Crippen molar-refractivity contribution in [1.82, 2.24) is 9.88 Å². The van der Waals surface area contributed by atoms with Gasteiger partial charge in [-0.25, -0.2) is 4.79 Å². The van der Waals surface area contributed by atoms with Crippen LogP contribution in [0.4, 0.5) is 0 Å². The molecule has 6 heteroatoms. The van der Waals surface area contributed by atoms with E-state index in [1.807, 2.05) is 23.1 Å². The lowest BCUT2D eigenvalue weighted by atomic mass is 10.2. The van der Waals surface area contributed by atoms with Gasteiger partial charge in [0, 0.05) is 12.2 Å². The molecule has 2 rings (SSSR count). The van der Waals surface area contributed by atoms with Crippen LogP contribution in [-0.2, 0) is 4.79 Å². The largest absolute Gasteiger partial charge is 0.480 e. The Hall–Kier alpha value is -1.43. The van der Waals surface area contributed by atoms with Crippen molar-refractivity contribution in [1.29, 1.82) is 0 Å². The molecule has 0 aliphatic heterocycles. The van der Waals surface area contributed by atoms with E-state index in [1.165, 1.54) is 0 Å². The van der Waals surface area contributed by atoms with Crippen molar-refractivity contribution >= 4 is 23.6 Å². The van der Waals surface area contributed by atoms with Crippen molar-refractivity contribution < 1.29 is 14.7 Å². The van der Waals surface area contributed by atoms with Crippen molar-refractivity contribution in [2.75, 3.05) is 12.0 Å². The molecule has 0 radical (unpaired) electrons. The minimum absolute atomic E-state index is 0.301. The number of hydrogen-bond donors (Lipinski definition) is 2. The normalized spacial score (nSPS) is 16.1. The lowest BCUT2D eigenvalue weighted by molar-refractivity contribution is -0.139. The van der Waals surface area contributed by atoms with Crippen LogP contribution in [0.5, 0.6) is 0 Å². The fourth-order valence-corrected chi connectivity index (χ4v) is 2.45. The van der Waals surface area contributed by atoms with E-state index in [2.05, 4.69) is 5.32 Å². The Labute approximate surface area is 116 Å². The topological polar surface area (TPSA) is 71.3 Å². The van der Waals surface area contributed by atoms with Crippen LogP contribution in [0.25, 0.3) is 0 Å². The molecular formula is C13H18N2O3S. The number of hydrogen-bond acceptors (Lipinski definition) is 3. The Bertz CT molecular complexity index is 468. The summed E-state index contributed by atoms with van der Waals surface area (Å²) < 4.78 is 1.93. The van der Waals surface area contributed by atoms with E-state index in [1.54, 1.807) is 17.8 Å². The van der Waals surface area contributed by atoms with Crippen LogP contribution in [-0.4, -0.2) is 39.6 Å². The average Bonchev–Trinajstić information content (AvgIpc) is 3.11. The molecule has 1 aromatic rings. The van der Waals surface area contributed by atoms with Crippen LogP contribution in [0.15, 0.2) is 18.3 Å². The third kappa shape index (κ3) is 3.53. The lowest BCUT2D eigenvalue weighted by Crippen LogP contribution is -2.41. The summed E-state index contributed by atoms with van der Waals surface area (Å²) >= 11 is 1.57. The number of carboxylic acids is 1. The number of carboxylic acid groups (broad SMARTS) is 1. The molecule has 5 nitrogen and oxygen atoms in total. The lowest BCUT2D eigenvalue weighted by Gasteiger charge is -2.15.